The third kappa shape index (κ3) is 5.75. The van der Waals surface area contributed by atoms with Crippen LogP contribution in [0.5, 0.6) is 11.5 Å². The molecule has 0 heterocycles. The summed E-state index contributed by atoms with van der Waals surface area (Å²) in [6.07, 6.45) is 2.38. The zero-order valence-electron chi connectivity index (χ0n) is 14.5. The number of rotatable bonds is 7. The first-order chi connectivity index (χ1) is 12.4. The highest BCUT2D eigenvalue weighted by atomic mass is 79.9. The molecule has 26 heavy (non-hydrogen) atoms. The van der Waals surface area contributed by atoms with E-state index in [2.05, 4.69) is 40.3 Å². The summed E-state index contributed by atoms with van der Waals surface area (Å²) < 4.78 is 5.88. The molecule has 7 heteroatoms. The number of hydrogen-bond acceptors (Lipinski definition) is 4. The van der Waals surface area contributed by atoms with Gasteiger partial charge in [-0.15, -0.1) is 0 Å². The number of phenolic OH excluding ortho intramolecular Hbond substituents is 1. The molecular formula is C19H20BrClN2O3. The summed E-state index contributed by atoms with van der Waals surface area (Å²) in [4.78, 5) is 11.8. The van der Waals surface area contributed by atoms with Gasteiger partial charge in [0, 0.05) is 10.6 Å². The van der Waals surface area contributed by atoms with Crippen LogP contribution in [0.15, 0.2) is 46.0 Å². The summed E-state index contributed by atoms with van der Waals surface area (Å²) in [5.41, 5.74) is 3.96. The molecule has 0 fully saturated rings. The predicted octanol–water partition coefficient (Wildman–Crippen LogP) is 4.85. The molecule has 0 saturated carbocycles. The Bertz CT molecular complexity index is 794. The number of ether oxygens (including phenoxy) is 1. The molecule has 1 atom stereocenters. The minimum atomic E-state index is -0.409. The second kappa shape index (κ2) is 9.59. The van der Waals surface area contributed by atoms with Crippen molar-refractivity contribution in [3.8, 4) is 11.5 Å². The zero-order chi connectivity index (χ0) is 19.1. The molecule has 2 aromatic rings. The lowest BCUT2D eigenvalue weighted by molar-refractivity contribution is -0.123. The highest BCUT2D eigenvalue weighted by Crippen LogP contribution is 2.30. The summed E-state index contributed by atoms with van der Waals surface area (Å²) in [6.45, 7) is 4.14. The smallest absolute Gasteiger partial charge is 0.277 e. The van der Waals surface area contributed by atoms with Crippen molar-refractivity contribution >= 4 is 39.7 Å². The maximum Gasteiger partial charge on any atom is 0.277 e. The molecule has 0 aliphatic carbocycles. The van der Waals surface area contributed by atoms with E-state index in [0.29, 0.717) is 26.7 Å². The number of aromatic hydroxyl groups is 1. The Balaban J connectivity index is 1.86. The largest absolute Gasteiger partial charge is 0.506 e. The van der Waals surface area contributed by atoms with E-state index >= 15 is 0 Å². The molecule has 1 amide bonds. The van der Waals surface area contributed by atoms with Crippen LogP contribution in [-0.2, 0) is 4.79 Å². The van der Waals surface area contributed by atoms with Crippen LogP contribution in [0.25, 0.3) is 0 Å². The molecule has 0 spiro atoms. The molecule has 0 aliphatic rings. The van der Waals surface area contributed by atoms with Gasteiger partial charge in [0.2, 0.25) is 0 Å². The number of hydrazone groups is 1. The van der Waals surface area contributed by atoms with Crippen molar-refractivity contribution in [2.75, 3.05) is 6.61 Å². The van der Waals surface area contributed by atoms with Gasteiger partial charge in [-0.25, -0.2) is 5.43 Å². The lowest BCUT2D eigenvalue weighted by Gasteiger charge is -2.10. The summed E-state index contributed by atoms with van der Waals surface area (Å²) in [6, 6.07) is 10.8. The maximum absolute atomic E-state index is 11.8. The zero-order valence-corrected chi connectivity index (χ0v) is 16.8. The van der Waals surface area contributed by atoms with Crippen LogP contribution in [0, 0.1) is 0 Å². The molecule has 0 aliphatic heterocycles. The van der Waals surface area contributed by atoms with Crippen LogP contribution in [0.3, 0.4) is 0 Å². The lowest BCUT2D eigenvalue weighted by Crippen LogP contribution is -2.24. The van der Waals surface area contributed by atoms with Gasteiger partial charge in [-0.05, 0) is 58.1 Å². The van der Waals surface area contributed by atoms with Crippen LogP contribution < -0.4 is 10.2 Å². The van der Waals surface area contributed by atoms with E-state index in [-0.39, 0.29) is 12.4 Å². The number of amides is 1. The van der Waals surface area contributed by atoms with Crippen LogP contribution in [-0.4, -0.2) is 23.8 Å². The van der Waals surface area contributed by atoms with E-state index in [1.807, 2.05) is 24.3 Å². The normalized spacial score (nSPS) is 12.2. The molecule has 0 aromatic heterocycles. The molecule has 2 aromatic carbocycles. The molecule has 0 unspecified atom stereocenters. The number of nitrogens with one attached hydrogen (secondary N) is 1. The van der Waals surface area contributed by atoms with Crippen molar-refractivity contribution in [3.63, 3.8) is 0 Å². The van der Waals surface area contributed by atoms with Gasteiger partial charge in [0.25, 0.3) is 5.91 Å². The minimum Gasteiger partial charge on any atom is -0.506 e. The van der Waals surface area contributed by atoms with Gasteiger partial charge in [0.15, 0.2) is 6.61 Å². The monoisotopic (exact) mass is 438 g/mol. The molecular weight excluding hydrogens is 420 g/mol. The van der Waals surface area contributed by atoms with Crippen molar-refractivity contribution in [2.45, 2.75) is 26.2 Å². The van der Waals surface area contributed by atoms with Gasteiger partial charge in [-0.1, -0.05) is 37.6 Å². The Morgan fingerprint density at radius 3 is 2.73 bits per heavy atom. The predicted molar refractivity (Wildman–Crippen MR) is 107 cm³/mol. The Morgan fingerprint density at radius 1 is 1.38 bits per heavy atom. The van der Waals surface area contributed by atoms with Gasteiger partial charge >= 0.3 is 0 Å². The Morgan fingerprint density at radius 2 is 2.08 bits per heavy atom. The van der Waals surface area contributed by atoms with Crippen molar-refractivity contribution in [2.24, 2.45) is 5.10 Å². The highest BCUT2D eigenvalue weighted by molar-refractivity contribution is 9.10. The van der Waals surface area contributed by atoms with Crippen LogP contribution in [0.1, 0.15) is 37.3 Å². The first-order valence-electron chi connectivity index (χ1n) is 8.13. The number of nitrogens with zero attached hydrogens (tertiary/aromatic N) is 1. The fraction of sp³-hybridized carbons (Fsp3) is 0.263. The Kier molecular flexibility index (Phi) is 7.48. The van der Waals surface area contributed by atoms with E-state index in [9.17, 15) is 9.90 Å². The molecule has 5 nitrogen and oxygen atoms in total. The van der Waals surface area contributed by atoms with Crippen molar-refractivity contribution in [1.82, 2.24) is 5.43 Å². The van der Waals surface area contributed by atoms with Gasteiger partial charge in [0.1, 0.15) is 11.5 Å². The fourth-order valence-electron chi connectivity index (χ4n) is 2.17. The van der Waals surface area contributed by atoms with Crippen LogP contribution in [0.4, 0.5) is 0 Å². The molecule has 0 radical (unpaired) electrons. The molecule has 2 N–H and O–H groups in total. The number of carbonyl (C=O) groups excluding carboxylic acids is 1. The molecule has 138 valence electrons. The fourth-order valence-corrected chi connectivity index (χ4v) is 3.00. The highest BCUT2D eigenvalue weighted by Gasteiger charge is 2.07. The van der Waals surface area contributed by atoms with E-state index in [1.54, 1.807) is 6.07 Å². The number of benzene rings is 2. The number of halogens is 2. The SMILES string of the molecule is CC[C@H](C)c1ccc(OCC(=O)N/N=C/c2cc(Cl)cc(Br)c2O)cc1. The first kappa shape index (κ1) is 20.3. The quantitative estimate of drug-likeness (QED) is 0.478. The third-order valence-electron chi connectivity index (χ3n) is 3.88. The average molecular weight is 440 g/mol. The number of phenols is 1. The van der Waals surface area contributed by atoms with Gasteiger partial charge in [-0.2, -0.15) is 5.10 Å². The summed E-state index contributed by atoms with van der Waals surface area (Å²) >= 11 is 9.09. The summed E-state index contributed by atoms with van der Waals surface area (Å²) in [5, 5.41) is 14.1. The number of carbonyl (C=O) groups is 1. The molecule has 0 bridgehead atoms. The van der Waals surface area contributed by atoms with E-state index in [1.165, 1.54) is 17.8 Å². The first-order valence-corrected chi connectivity index (χ1v) is 9.30. The van der Waals surface area contributed by atoms with E-state index in [4.69, 9.17) is 16.3 Å². The third-order valence-corrected chi connectivity index (χ3v) is 4.70. The Hall–Kier alpha value is -2.05. The molecule has 2 rings (SSSR count). The lowest BCUT2D eigenvalue weighted by atomic mass is 9.99. The summed E-state index contributed by atoms with van der Waals surface area (Å²) in [7, 11) is 0. The average Bonchev–Trinajstić information content (AvgIpc) is 2.63. The van der Waals surface area contributed by atoms with Crippen molar-refractivity contribution in [1.29, 1.82) is 0 Å². The number of hydrogen-bond donors (Lipinski definition) is 2. The van der Waals surface area contributed by atoms with E-state index < -0.39 is 5.91 Å². The van der Waals surface area contributed by atoms with Gasteiger partial charge < -0.3 is 9.84 Å². The standard InChI is InChI=1S/C19H20BrClN2O3/c1-3-12(2)13-4-6-16(7-5-13)26-11-18(24)23-22-10-14-8-15(21)9-17(20)19(14)25/h4-10,12,25H,3,11H2,1-2H3,(H,23,24)/b22-10+/t12-/m0/s1. The minimum absolute atomic E-state index is 0.00922. The second-order valence-electron chi connectivity index (χ2n) is 5.79. The van der Waals surface area contributed by atoms with Crippen LogP contribution >= 0.6 is 27.5 Å². The van der Waals surface area contributed by atoms with Gasteiger partial charge in [0.05, 0.1) is 10.7 Å². The van der Waals surface area contributed by atoms with Crippen molar-refractivity contribution < 1.29 is 14.6 Å². The van der Waals surface area contributed by atoms with Gasteiger partial charge in [-0.3, -0.25) is 4.79 Å². The Labute approximate surface area is 166 Å². The van der Waals surface area contributed by atoms with E-state index in [0.717, 1.165) is 6.42 Å². The molecule has 0 saturated heterocycles. The second-order valence-corrected chi connectivity index (χ2v) is 7.08. The summed E-state index contributed by atoms with van der Waals surface area (Å²) in [5.74, 6) is 0.690. The maximum atomic E-state index is 11.8. The van der Waals surface area contributed by atoms with Crippen LogP contribution in [0.2, 0.25) is 5.02 Å². The topological polar surface area (TPSA) is 70.9 Å². The van der Waals surface area contributed by atoms with Crippen molar-refractivity contribution in [3.05, 3.63) is 57.0 Å².